The number of methoxy groups -OCH3 is 1. The lowest BCUT2D eigenvalue weighted by atomic mass is 10.1. The van der Waals surface area contributed by atoms with Gasteiger partial charge in [-0.1, -0.05) is 6.07 Å². The zero-order valence-electron chi connectivity index (χ0n) is 15.5. The van der Waals surface area contributed by atoms with Crippen LogP contribution < -0.4 is 16.2 Å². The van der Waals surface area contributed by atoms with Crippen LogP contribution in [0.5, 0.6) is 5.75 Å². The summed E-state index contributed by atoms with van der Waals surface area (Å²) in [4.78, 5) is 21.0. The fraction of sp³-hybridized carbons (Fsp3) is 0.211. The molecule has 0 aliphatic heterocycles. The maximum Gasteiger partial charge on any atom is 0.253 e. The van der Waals surface area contributed by atoms with Crippen molar-refractivity contribution in [3.8, 4) is 11.4 Å². The fourth-order valence-electron chi connectivity index (χ4n) is 3.62. The number of primary amides is 1. The molecular weight excluding hydrogens is 362 g/mol. The summed E-state index contributed by atoms with van der Waals surface area (Å²) in [6.45, 7) is 5.88. The predicted octanol–water partition coefficient (Wildman–Crippen LogP) is 3.25. The van der Waals surface area contributed by atoms with Crippen LogP contribution in [0.1, 0.15) is 26.5 Å². The third kappa shape index (κ3) is 2.37. The van der Waals surface area contributed by atoms with E-state index in [-0.39, 0.29) is 11.4 Å². The highest BCUT2D eigenvalue weighted by molar-refractivity contribution is 7.19. The molecule has 1 aromatic carbocycles. The number of benzene rings is 1. The lowest BCUT2D eigenvalue weighted by Gasteiger charge is -2.17. The number of anilines is 1. The van der Waals surface area contributed by atoms with Crippen molar-refractivity contribution in [2.75, 3.05) is 12.8 Å². The number of carbonyl (C=O) groups is 1. The molecule has 7 nitrogen and oxygen atoms in total. The molecule has 138 valence electrons. The molecule has 1 amide bonds. The van der Waals surface area contributed by atoms with Crippen molar-refractivity contribution in [2.45, 2.75) is 20.8 Å². The van der Waals surface area contributed by atoms with Crippen LogP contribution >= 0.6 is 11.3 Å². The van der Waals surface area contributed by atoms with Crippen molar-refractivity contribution in [2.24, 2.45) is 5.73 Å². The summed E-state index contributed by atoms with van der Waals surface area (Å²) in [6.07, 6.45) is 1.62. The van der Waals surface area contributed by atoms with Gasteiger partial charge in [0.15, 0.2) is 5.65 Å². The summed E-state index contributed by atoms with van der Waals surface area (Å²) < 4.78 is 8.24. The number of amides is 1. The molecule has 0 bridgehead atoms. The molecule has 27 heavy (non-hydrogen) atoms. The van der Waals surface area contributed by atoms with Gasteiger partial charge in [0.25, 0.3) is 5.91 Å². The van der Waals surface area contributed by atoms with Crippen LogP contribution in [0, 0.1) is 20.8 Å². The van der Waals surface area contributed by atoms with Gasteiger partial charge in [0.2, 0.25) is 0 Å². The summed E-state index contributed by atoms with van der Waals surface area (Å²) in [5.41, 5.74) is 16.6. The smallest absolute Gasteiger partial charge is 0.253 e. The quantitative estimate of drug-likeness (QED) is 0.566. The molecule has 4 aromatic rings. The molecule has 0 spiro atoms. The molecule has 0 unspecified atom stereocenters. The zero-order chi connectivity index (χ0) is 19.5. The number of aromatic nitrogens is 3. The maximum absolute atomic E-state index is 12.2. The van der Waals surface area contributed by atoms with Gasteiger partial charge in [0, 0.05) is 17.1 Å². The van der Waals surface area contributed by atoms with Crippen LogP contribution in [-0.2, 0) is 0 Å². The number of hydrogen-bond donors (Lipinski definition) is 2. The highest BCUT2D eigenvalue weighted by Gasteiger charge is 2.25. The summed E-state index contributed by atoms with van der Waals surface area (Å²) >= 11 is 1.51. The monoisotopic (exact) mass is 381 g/mol. The Balaban J connectivity index is 2.27. The first-order chi connectivity index (χ1) is 12.8. The number of thiazole rings is 1. The van der Waals surface area contributed by atoms with Gasteiger partial charge in [-0.2, -0.15) is 0 Å². The number of pyridine rings is 1. The number of carbonyl (C=O) groups excluding carboxylic acids is 1. The van der Waals surface area contributed by atoms with Crippen LogP contribution in [0.2, 0.25) is 0 Å². The van der Waals surface area contributed by atoms with E-state index in [2.05, 4.69) is 9.97 Å². The van der Waals surface area contributed by atoms with Crippen LogP contribution in [0.3, 0.4) is 0 Å². The second-order valence-electron chi connectivity index (χ2n) is 6.42. The maximum atomic E-state index is 12.2. The number of nitrogens with two attached hydrogens (primary N) is 2. The number of ether oxygens (including phenoxy) is 1. The van der Waals surface area contributed by atoms with Gasteiger partial charge in [0.1, 0.15) is 11.6 Å². The van der Waals surface area contributed by atoms with Gasteiger partial charge in [-0.25, -0.2) is 9.97 Å². The minimum Gasteiger partial charge on any atom is -0.496 e. The molecule has 0 radical (unpaired) electrons. The average Bonchev–Trinajstić information content (AvgIpc) is 3.12. The van der Waals surface area contributed by atoms with E-state index in [1.807, 2.05) is 37.5 Å². The summed E-state index contributed by atoms with van der Waals surface area (Å²) in [5.74, 6) is 0.442. The van der Waals surface area contributed by atoms with Gasteiger partial charge in [-0.05, 0) is 32.4 Å². The Kier molecular flexibility index (Phi) is 3.81. The van der Waals surface area contributed by atoms with Gasteiger partial charge < -0.3 is 16.2 Å². The molecule has 4 rings (SSSR count). The third-order valence-electron chi connectivity index (χ3n) is 4.77. The number of nitrogens with zero attached hydrogens (tertiary/aromatic N) is 3. The first-order valence-electron chi connectivity index (χ1n) is 8.35. The SMILES string of the molecule is COc1ccc(C)c(-n2c(N)c(C(N)=O)c3cnc4nc(C)sc4c32)c1C. The number of rotatable bonds is 3. The summed E-state index contributed by atoms with van der Waals surface area (Å²) in [6, 6.07) is 3.88. The third-order valence-corrected chi connectivity index (χ3v) is 5.73. The summed E-state index contributed by atoms with van der Waals surface area (Å²) in [5, 5.41) is 1.51. The lowest BCUT2D eigenvalue weighted by Crippen LogP contribution is -2.14. The van der Waals surface area contributed by atoms with E-state index in [4.69, 9.17) is 16.2 Å². The van der Waals surface area contributed by atoms with E-state index in [0.29, 0.717) is 11.0 Å². The first kappa shape index (κ1) is 17.3. The van der Waals surface area contributed by atoms with Crippen molar-refractivity contribution in [3.63, 3.8) is 0 Å². The van der Waals surface area contributed by atoms with E-state index >= 15 is 0 Å². The molecule has 8 heteroatoms. The number of hydrogen-bond acceptors (Lipinski definition) is 6. The Labute approximate surface area is 159 Å². The Bertz CT molecular complexity index is 1240. The van der Waals surface area contributed by atoms with Gasteiger partial charge in [-0.15, -0.1) is 11.3 Å². The van der Waals surface area contributed by atoms with Gasteiger partial charge in [-0.3, -0.25) is 9.36 Å². The molecule has 0 aliphatic rings. The van der Waals surface area contributed by atoms with Crippen molar-refractivity contribution < 1.29 is 9.53 Å². The number of fused-ring (bicyclic) bond motifs is 3. The van der Waals surface area contributed by atoms with Gasteiger partial charge in [0.05, 0.1) is 33.6 Å². The topological polar surface area (TPSA) is 109 Å². The van der Waals surface area contributed by atoms with E-state index < -0.39 is 5.91 Å². The normalized spacial score (nSPS) is 11.4. The van der Waals surface area contributed by atoms with Crippen LogP contribution in [0.25, 0.3) is 26.9 Å². The van der Waals surface area contributed by atoms with Crippen LogP contribution in [0.4, 0.5) is 5.82 Å². The largest absolute Gasteiger partial charge is 0.496 e. The molecular formula is C19H19N5O2S. The standard InChI is InChI=1S/C19H19N5O2S/c1-8-5-6-12(26-4)9(2)14(8)24-15-11(13(17(24)20)18(21)25)7-22-19-16(15)27-10(3)23-19/h5-7H,20H2,1-4H3,(H2,21,25). The second-order valence-corrected chi connectivity index (χ2v) is 7.63. The Hall–Kier alpha value is -3.13. The molecule has 0 saturated heterocycles. The fourth-order valence-corrected chi connectivity index (χ4v) is 4.53. The summed E-state index contributed by atoms with van der Waals surface area (Å²) in [7, 11) is 1.63. The molecule has 0 atom stereocenters. The van der Waals surface area contributed by atoms with E-state index in [1.165, 1.54) is 11.3 Å². The molecule has 3 aromatic heterocycles. The van der Waals surface area contributed by atoms with Gasteiger partial charge >= 0.3 is 0 Å². The highest BCUT2D eigenvalue weighted by Crippen LogP contribution is 2.40. The first-order valence-corrected chi connectivity index (χ1v) is 9.17. The molecule has 4 N–H and O–H groups in total. The van der Waals surface area contributed by atoms with Crippen molar-refractivity contribution >= 4 is 44.3 Å². The van der Waals surface area contributed by atoms with E-state index in [1.54, 1.807) is 13.3 Å². The van der Waals surface area contributed by atoms with Crippen molar-refractivity contribution in [1.82, 2.24) is 14.5 Å². The minimum absolute atomic E-state index is 0.270. The molecule has 0 fully saturated rings. The van der Waals surface area contributed by atoms with Crippen LogP contribution in [0.15, 0.2) is 18.3 Å². The van der Waals surface area contributed by atoms with Crippen molar-refractivity contribution in [1.29, 1.82) is 0 Å². The number of nitrogen functional groups attached to an aromatic ring is 1. The second kappa shape index (κ2) is 5.95. The van der Waals surface area contributed by atoms with E-state index in [0.717, 1.165) is 37.8 Å². The predicted molar refractivity (Wildman–Crippen MR) is 108 cm³/mol. The number of aryl methyl sites for hydroxylation is 2. The van der Waals surface area contributed by atoms with Crippen molar-refractivity contribution in [3.05, 3.63) is 40.0 Å². The van der Waals surface area contributed by atoms with Crippen LogP contribution in [-0.4, -0.2) is 27.6 Å². The minimum atomic E-state index is -0.586. The highest BCUT2D eigenvalue weighted by atomic mass is 32.1. The zero-order valence-corrected chi connectivity index (χ0v) is 16.3. The Morgan fingerprint density at radius 2 is 2.00 bits per heavy atom. The Morgan fingerprint density at radius 1 is 1.26 bits per heavy atom. The Morgan fingerprint density at radius 3 is 2.67 bits per heavy atom. The molecule has 3 heterocycles. The molecule has 0 saturated carbocycles. The van der Waals surface area contributed by atoms with E-state index in [9.17, 15) is 4.79 Å². The lowest BCUT2D eigenvalue weighted by molar-refractivity contribution is 0.100. The molecule has 0 aliphatic carbocycles. The average molecular weight is 381 g/mol.